The molecule has 1 heterocycles. The number of rotatable bonds is 4. The molecule has 2 atom stereocenters. The molecule has 1 aliphatic heterocycles. The van der Waals surface area contributed by atoms with Crippen LogP contribution in [0.3, 0.4) is 0 Å². The Morgan fingerprint density at radius 1 is 1.44 bits per heavy atom. The summed E-state index contributed by atoms with van der Waals surface area (Å²) in [6, 6.07) is 7.83. The second kappa shape index (κ2) is 5.32. The molecule has 1 aromatic carbocycles. The Morgan fingerprint density at radius 2 is 2.19 bits per heavy atom. The van der Waals surface area contributed by atoms with Gasteiger partial charge in [-0.1, -0.05) is 12.1 Å². The van der Waals surface area contributed by atoms with E-state index in [0.717, 1.165) is 30.7 Å². The molecule has 2 unspecified atom stereocenters. The van der Waals surface area contributed by atoms with Gasteiger partial charge in [-0.3, -0.25) is 0 Å². The van der Waals surface area contributed by atoms with Gasteiger partial charge in [-0.2, -0.15) is 0 Å². The van der Waals surface area contributed by atoms with Crippen molar-refractivity contribution < 1.29 is 9.47 Å². The van der Waals surface area contributed by atoms with Crippen molar-refractivity contribution in [1.82, 2.24) is 0 Å². The summed E-state index contributed by atoms with van der Waals surface area (Å²) in [5, 5.41) is 0. The lowest BCUT2D eigenvalue weighted by Crippen LogP contribution is -2.15. The zero-order valence-corrected chi connectivity index (χ0v) is 9.69. The number of anilines is 1. The van der Waals surface area contributed by atoms with E-state index in [-0.39, 0.29) is 12.2 Å². The zero-order chi connectivity index (χ0) is 11.4. The van der Waals surface area contributed by atoms with Gasteiger partial charge in [0.1, 0.15) is 0 Å². The van der Waals surface area contributed by atoms with Gasteiger partial charge in [-0.15, -0.1) is 0 Å². The SMILES string of the molecule is CC(OCC1CCCO1)c1ccc(N)cc1. The number of nitrogens with two attached hydrogens (primary N) is 1. The van der Waals surface area contributed by atoms with Crippen LogP contribution in [-0.4, -0.2) is 19.3 Å². The van der Waals surface area contributed by atoms with Gasteiger partial charge in [-0.05, 0) is 37.5 Å². The highest BCUT2D eigenvalue weighted by molar-refractivity contribution is 5.39. The van der Waals surface area contributed by atoms with Crippen LogP contribution in [0.1, 0.15) is 31.4 Å². The van der Waals surface area contributed by atoms with E-state index in [0.29, 0.717) is 6.61 Å². The Kier molecular flexibility index (Phi) is 3.80. The quantitative estimate of drug-likeness (QED) is 0.794. The van der Waals surface area contributed by atoms with Gasteiger partial charge in [0.05, 0.1) is 18.8 Å². The zero-order valence-electron chi connectivity index (χ0n) is 9.69. The van der Waals surface area contributed by atoms with Gasteiger partial charge in [0.2, 0.25) is 0 Å². The van der Waals surface area contributed by atoms with Crippen molar-refractivity contribution in [3.05, 3.63) is 29.8 Å². The van der Waals surface area contributed by atoms with Gasteiger partial charge in [-0.25, -0.2) is 0 Å². The van der Waals surface area contributed by atoms with Crippen LogP contribution in [0.15, 0.2) is 24.3 Å². The number of benzene rings is 1. The van der Waals surface area contributed by atoms with E-state index in [4.69, 9.17) is 15.2 Å². The first-order valence-corrected chi connectivity index (χ1v) is 5.84. The van der Waals surface area contributed by atoms with E-state index in [1.54, 1.807) is 0 Å². The van der Waals surface area contributed by atoms with Crippen molar-refractivity contribution in [2.45, 2.75) is 32.0 Å². The number of nitrogen functional groups attached to an aromatic ring is 1. The fourth-order valence-corrected chi connectivity index (χ4v) is 1.89. The average Bonchev–Trinajstić information content (AvgIpc) is 2.80. The minimum absolute atomic E-state index is 0.102. The fraction of sp³-hybridized carbons (Fsp3) is 0.538. The van der Waals surface area contributed by atoms with Crippen molar-refractivity contribution in [3.8, 4) is 0 Å². The lowest BCUT2D eigenvalue weighted by atomic mass is 10.1. The molecule has 1 saturated heterocycles. The summed E-state index contributed by atoms with van der Waals surface area (Å²) < 4.78 is 11.3. The van der Waals surface area contributed by atoms with Gasteiger partial charge in [0.25, 0.3) is 0 Å². The van der Waals surface area contributed by atoms with Crippen molar-refractivity contribution in [2.75, 3.05) is 18.9 Å². The molecule has 0 bridgehead atoms. The van der Waals surface area contributed by atoms with Crippen LogP contribution in [0.5, 0.6) is 0 Å². The molecule has 3 nitrogen and oxygen atoms in total. The molecule has 0 saturated carbocycles. The van der Waals surface area contributed by atoms with Crippen LogP contribution in [0.4, 0.5) is 5.69 Å². The molecule has 0 spiro atoms. The van der Waals surface area contributed by atoms with Gasteiger partial charge < -0.3 is 15.2 Å². The van der Waals surface area contributed by atoms with Gasteiger partial charge in [0, 0.05) is 12.3 Å². The molecular weight excluding hydrogens is 202 g/mol. The Morgan fingerprint density at radius 3 is 2.81 bits per heavy atom. The smallest absolute Gasteiger partial charge is 0.0809 e. The molecule has 2 N–H and O–H groups in total. The third-order valence-electron chi connectivity index (χ3n) is 2.96. The third-order valence-corrected chi connectivity index (χ3v) is 2.96. The van der Waals surface area contributed by atoms with E-state index < -0.39 is 0 Å². The Hall–Kier alpha value is -1.06. The van der Waals surface area contributed by atoms with Gasteiger partial charge >= 0.3 is 0 Å². The highest BCUT2D eigenvalue weighted by Gasteiger charge is 2.17. The highest BCUT2D eigenvalue weighted by atomic mass is 16.5. The lowest BCUT2D eigenvalue weighted by Gasteiger charge is -2.16. The molecule has 0 aliphatic carbocycles. The summed E-state index contributed by atoms with van der Waals surface area (Å²) in [7, 11) is 0. The first-order valence-electron chi connectivity index (χ1n) is 5.84. The van der Waals surface area contributed by atoms with E-state index >= 15 is 0 Å². The maximum absolute atomic E-state index is 5.79. The first kappa shape index (κ1) is 11.4. The molecule has 0 radical (unpaired) electrons. The molecule has 0 aromatic heterocycles. The predicted molar refractivity (Wildman–Crippen MR) is 64.2 cm³/mol. The second-order valence-electron chi connectivity index (χ2n) is 4.28. The number of ether oxygens (including phenoxy) is 2. The molecule has 88 valence electrons. The predicted octanol–water partition coefficient (Wildman–Crippen LogP) is 2.53. The standard InChI is InChI=1S/C13H19NO2/c1-10(11-4-6-12(14)7-5-11)16-9-13-3-2-8-15-13/h4-7,10,13H,2-3,8-9,14H2,1H3. The van der Waals surface area contributed by atoms with Crippen molar-refractivity contribution in [1.29, 1.82) is 0 Å². The van der Waals surface area contributed by atoms with Crippen LogP contribution in [0.25, 0.3) is 0 Å². The molecule has 2 rings (SSSR count). The number of hydrogen-bond acceptors (Lipinski definition) is 3. The van der Waals surface area contributed by atoms with Crippen LogP contribution in [-0.2, 0) is 9.47 Å². The summed E-state index contributed by atoms with van der Waals surface area (Å²) in [5.41, 5.74) is 7.59. The van der Waals surface area contributed by atoms with Crippen LogP contribution in [0.2, 0.25) is 0 Å². The molecule has 1 aliphatic rings. The lowest BCUT2D eigenvalue weighted by molar-refractivity contribution is -0.0148. The maximum atomic E-state index is 5.79. The summed E-state index contributed by atoms with van der Waals surface area (Å²) in [4.78, 5) is 0. The Labute approximate surface area is 96.5 Å². The van der Waals surface area contributed by atoms with E-state index in [1.807, 2.05) is 24.3 Å². The Bertz CT molecular complexity index is 317. The first-order chi connectivity index (χ1) is 7.75. The summed E-state index contributed by atoms with van der Waals surface area (Å²) in [6.07, 6.45) is 2.67. The van der Waals surface area contributed by atoms with E-state index in [9.17, 15) is 0 Å². The topological polar surface area (TPSA) is 44.5 Å². The largest absolute Gasteiger partial charge is 0.399 e. The van der Waals surface area contributed by atoms with E-state index in [2.05, 4.69) is 6.92 Å². The molecule has 1 aromatic rings. The summed E-state index contributed by atoms with van der Waals surface area (Å²) in [6.45, 7) is 3.62. The normalized spacial score (nSPS) is 22.2. The molecule has 3 heteroatoms. The highest BCUT2D eigenvalue weighted by Crippen LogP contribution is 2.20. The minimum Gasteiger partial charge on any atom is -0.399 e. The van der Waals surface area contributed by atoms with Crippen LogP contribution < -0.4 is 5.73 Å². The van der Waals surface area contributed by atoms with Crippen LogP contribution in [0, 0.1) is 0 Å². The average molecular weight is 221 g/mol. The fourth-order valence-electron chi connectivity index (χ4n) is 1.89. The van der Waals surface area contributed by atoms with Crippen molar-refractivity contribution in [2.24, 2.45) is 0 Å². The number of hydrogen-bond donors (Lipinski definition) is 1. The molecule has 16 heavy (non-hydrogen) atoms. The van der Waals surface area contributed by atoms with E-state index in [1.165, 1.54) is 0 Å². The summed E-state index contributed by atoms with van der Waals surface area (Å²) in [5.74, 6) is 0. The monoisotopic (exact) mass is 221 g/mol. The Balaban J connectivity index is 1.82. The molecule has 0 amide bonds. The summed E-state index contributed by atoms with van der Waals surface area (Å²) >= 11 is 0. The maximum Gasteiger partial charge on any atom is 0.0809 e. The molecular formula is C13H19NO2. The second-order valence-corrected chi connectivity index (χ2v) is 4.28. The minimum atomic E-state index is 0.102. The molecule has 1 fully saturated rings. The van der Waals surface area contributed by atoms with Crippen molar-refractivity contribution in [3.63, 3.8) is 0 Å². The third kappa shape index (κ3) is 2.97. The van der Waals surface area contributed by atoms with Gasteiger partial charge in [0.15, 0.2) is 0 Å². The van der Waals surface area contributed by atoms with Crippen molar-refractivity contribution >= 4 is 5.69 Å². The van der Waals surface area contributed by atoms with Crippen LogP contribution >= 0.6 is 0 Å².